The fourth-order valence-electron chi connectivity index (χ4n) is 2.78. The van der Waals surface area contributed by atoms with Crippen molar-refractivity contribution in [3.63, 3.8) is 0 Å². The SMILES string of the molecule is CC(C)CN1CCC[C@@H]1C(O)c1ccccc1. The summed E-state index contributed by atoms with van der Waals surface area (Å²) in [6.45, 7) is 6.70. The lowest BCUT2D eigenvalue weighted by Crippen LogP contribution is -2.36. The largest absolute Gasteiger partial charge is 0.387 e. The number of nitrogens with zero attached hydrogens (tertiary/aromatic N) is 1. The van der Waals surface area contributed by atoms with Crippen molar-refractivity contribution >= 4 is 0 Å². The minimum absolute atomic E-state index is 0.305. The molecule has 0 radical (unpaired) electrons. The first-order valence-electron chi connectivity index (χ1n) is 6.65. The maximum absolute atomic E-state index is 10.5. The average Bonchev–Trinajstić information content (AvgIpc) is 2.76. The summed E-state index contributed by atoms with van der Waals surface area (Å²) >= 11 is 0. The molecule has 0 aromatic heterocycles. The Labute approximate surface area is 104 Å². The van der Waals surface area contributed by atoms with E-state index in [1.807, 2.05) is 30.3 Å². The highest BCUT2D eigenvalue weighted by Gasteiger charge is 2.31. The quantitative estimate of drug-likeness (QED) is 0.864. The maximum Gasteiger partial charge on any atom is 0.0945 e. The molecule has 1 saturated heterocycles. The van der Waals surface area contributed by atoms with Crippen molar-refractivity contribution in [1.82, 2.24) is 4.90 Å². The molecule has 1 aliphatic rings. The van der Waals surface area contributed by atoms with Crippen molar-refractivity contribution in [3.05, 3.63) is 35.9 Å². The van der Waals surface area contributed by atoms with Crippen molar-refractivity contribution in [2.75, 3.05) is 13.1 Å². The molecule has 0 saturated carbocycles. The number of aliphatic hydroxyl groups excluding tert-OH is 1. The predicted molar refractivity (Wildman–Crippen MR) is 70.8 cm³/mol. The van der Waals surface area contributed by atoms with Crippen molar-refractivity contribution in [3.8, 4) is 0 Å². The van der Waals surface area contributed by atoms with Gasteiger partial charge in [0.25, 0.3) is 0 Å². The lowest BCUT2D eigenvalue weighted by atomic mass is 10.00. The van der Waals surface area contributed by atoms with Gasteiger partial charge in [-0.05, 0) is 30.9 Å². The molecule has 1 N–H and O–H groups in total. The van der Waals surface area contributed by atoms with Crippen LogP contribution in [0.5, 0.6) is 0 Å². The van der Waals surface area contributed by atoms with E-state index in [1.54, 1.807) is 0 Å². The number of hydrogen-bond acceptors (Lipinski definition) is 2. The van der Waals surface area contributed by atoms with Gasteiger partial charge in [0.05, 0.1) is 6.10 Å². The van der Waals surface area contributed by atoms with Crippen LogP contribution in [0, 0.1) is 5.92 Å². The molecule has 0 amide bonds. The van der Waals surface area contributed by atoms with Crippen LogP contribution >= 0.6 is 0 Å². The third kappa shape index (κ3) is 3.08. The molecule has 2 atom stereocenters. The molecular weight excluding hydrogens is 210 g/mol. The predicted octanol–water partition coefficient (Wildman–Crippen LogP) is 2.84. The number of rotatable bonds is 4. The third-order valence-electron chi connectivity index (χ3n) is 3.52. The second kappa shape index (κ2) is 5.65. The van der Waals surface area contributed by atoms with Gasteiger partial charge in [-0.25, -0.2) is 0 Å². The molecule has 0 bridgehead atoms. The van der Waals surface area contributed by atoms with E-state index >= 15 is 0 Å². The van der Waals surface area contributed by atoms with Crippen LogP contribution in [-0.4, -0.2) is 29.1 Å². The molecule has 1 aromatic rings. The van der Waals surface area contributed by atoms with Crippen molar-refractivity contribution in [2.45, 2.75) is 38.8 Å². The topological polar surface area (TPSA) is 23.5 Å². The molecule has 0 aliphatic carbocycles. The van der Waals surface area contributed by atoms with E-state index in [4.69, 9.17) is 0 Å². The number of aliphatic hydroxyl groups is 1. The molecular formula is C15H23NO. The molecule has 1 unspecified atom stereocenters. The Kier molecular flexibility index (Phi) is 4.19. The molecule has 0 spiro atoms. The molecule has 2 rings (SSSR count). The molecule has 2 heteroatoms. The summed E-state index contributed by atoms with van der Waals surface area (Å²) in [4.78, 5) is 2.45. The lowest BCUT2D eigenvalue weighted by Gasteiger charge is -2.30. The zero-order valence-electron chi connectivity index (χ0n) is 10.8. The fraction of sp³-hybridized carbons (Fsp3) is 0.600. The van der Waals surface area contributed by atoms with Gasteiger partial charge >= 0.3 is 0 Å². The highest BCUT2D eigenvalue weighted by molar-refractivity contribution is 5.19. The summed E-state index contributed by atoms with van der Waals surface area (Å²) in [5.41, 5.74) is 1.05. The summed E-state index contributed by atoms with van der Waals surface area (Å²) in [6, 6.07) is 10.4. The van der Waals surface area contributed by atoms with Gasteiger partial charge in [0.1, 0.15) is 0 Å². The van der Waals surface area contributed by atoms with Crippen LogP contribution in [0.4, 0.5) is 0 Å². The second-order valence-corrected chi connectivity index (χ2v) is 5.45. The average molecular weight is 233 g/mol. The Hall–Kier alpha value is -0.860. The van der Waals surface area contributed by atoms with Gasteiger partial charge in [0.2, 0.25) is 0 Å². The highest BCUT2D eigenvalue weighted by atomic mass is 16.3. The van der Waals surface area contributed by atoms with Gasteiger partial charge < -0.3 is 5.11 Å². The zero-order valence-corrected chi connectivity index (χ0v) is 10.8. The summed E-state index contributed by atoms with van der Waals surface area (Å²) in [7, 11) is 0. The molecule has 17 heavy (non-hydrogen) atoms. The number of likely N-dealkylation sites (tertiary alicyclic amines) is 1. The zero-order chi connectivity index (χ0) is 12.3. The smallest absolute Gasteiger partial charge is 0.0945 e. The maximum atomic E-state index is 10.5. The van der Waals surface area contributed by atoms with Crippen LogP contribution in [0.25, 0.3) is 0 Å². The van der Waals surface area contributed by atoms with Crippen LogP contribution in [0.15, 0.2) is 30.3 Å². The van der Waals surface area contributed by atoms with Gasteiger partial charge in [-0.3, -0.25) is 4.90 Å². The van der Waals surface area contributed by atoms with E-state index in [1.165, 1.54) is 6.42 Å². The summed E-state index contributed by atoms with van der Waals surface area (Å²) < 4.78 is 0. The van der Waals surface area contributed by atoms with E-state index in [0.717, 1.165) is 25.1 Å². The molecule has 1 heterocycles. The van der Waals surface area contributed by atoms with Crippen molar-refractivity contribution in [2.24, 2.45) is 5.92 Å². The van der Waals surface area contributed by atoms with E-state index in [0.29, 0.717) is 12.0 Å². The Morgan fingerprint density at radius 3 is 2.65 bits per heavy atom. The Bertz CT molecular complexity index is 336. The van der Waals surface area contributed by atoms with E-state index in [9.17, 15) is 5.11 Å². The van der Waals surface area contributed by atoms with Crippen LogP contribution < -0.4 is 0 Å². The normalized spacial score (nSPS) is 23.2. The minimum Gasteiger partial charge on any atom is -0.387 e. The fourth-order valence-corrected chi connectivity index (χ4v) is 2.78. The summed E-state index contributed by atoms with van der Waals surface area (Å²) in [5, 5.41) is 10.5. The van der Waals surface area contributed by atoms with E-state index in [-0.39, 0.29) is 6.10 Å². The van der Waals surface area contributed by atoms with E-state index in [2.05, 4.69) is 18.7 Å². The van der Waals surface area contributed by atoms with Crippen molar-refractivity contribution in [1.29, 1.82) is 0 Å². The van der Waals surface area contributed by atoms with Gasteiger partial charge in [-0.2, -0.15) is 0 Å². The Balaban J connectivity index is 2.05. The minimum atomic E-state index is -0.336. The first-order chi connectivity index (χ1) is 8.18. The molecule has 1 fully saturated rings. The molecule has 2 nitrogen and oxygen atoms in total. The molecule has 1 aliphatic heterocycles. The summed E-state index contributed by atoms with van der Waals surface area (Å²) in [5.74, 6) is 0.665. The highest BCUT2D eigenvalue weighted by Crippen LogP contribution is 2.29. The third-order valence-corrected chi connectivity index (χ3v) is 3.52. The second-order valence-electron chi connectivity index (χ2n) is 5.45. The number of hydrogen-bond donors (Lipinski definition) is 1. The van der Waals surface area contributed by atoms with Gasteiger partial charge in [-0.15, -0.1) is 0 Å². The Morgan fingerprint density at radius 1 is 1.29 bits per heavy atom. The van der Waals surface area contributed by atoms with Gasteiger partial charge in [0.15, 0.2) is 0 Å². The van der Waals surface area contributed by atoms with Crippen LogP contribution in [0.1, 0.15) is 38.4 Å². The first-order valence-corrected chi connectivity index (χ1v) is 6.65. The van der Waals surface area contributed by atoms with Crippen LogP contribution in [0.2, 0.25) is 0 Å². The monoisotopic (exact) mass is 233 g/mol. The first kappa shape index (κ1) is 12.6. The molecule has 1 aromatic carbocycles. The number of benzene rings is 1. The van der Waals surface area contributed by atoms with Gasteiger partial charge in [-0.1, -0.05) is 44.2 Å². The molecule has 94 valence electrons. The van der Waals surface area contributed by atoms with Crippen molar-refractivity contribution < 1.29 is 5.11 Å². The Morgan fingerprint density at radius 2 is 2.00 bits per heavy atom. The van der Waals surface area contributed by atoms with Gasteiger partial charge in [0, 0.05) is 12.6 Å². The summed E-state index contributed by atoms with van der Waals surface area (Å²) in [6.07, 6.45) is 1.99. The standard InChI is InChI=1S/C15H23NO/c1-12(2)11-16-10-6-9-14(16)15(17)13-7-4-3-5-8-13/h3-5,7-8,12,14-15,17H,6,9-11H2,1-2H3/t14-,15?/m1/s1. The van der Waals surface area contributed by atoms with Crippen LogP contribution in [-0.2, 0) is 0 Å². The van der Waals surface area contributed by atoms with E-state index < -0.39 is 0 Å². The lowest BCUT2D eigenvalue weighted by molar-refractivity contribution is 0.0668. The van der Waals surface area contributed by atoms with Crippen LogP contribution in [0.3, 0.4) is 0 Å².